The molecule has 39 heavy (non-hydrogen) atoms. The Morgan fingerprint density at radius 1 is 1.00 bits per heavy atom. The summed E-state index contributed by atoms with van der Waals surface area (Å²) in [6.45, 7) is 8.29. The summed E-state index contributed by atoms with van der Waals surface area (Å²) in [7, 11) is 0. The van der Waals surface area contributed by atoms with Crippen molar-refractivity contribution in [3.8, 4) is 0 Å². The fraction of sp³-hybridized carbons (Fsp3) is 0.387. The number of anilines is 1. The van der Waals surface area contributed by atoms with E-state index in [0.29, 0.717) is 19.5 Å². The van der Waals surface area contributed by atoms with E-state index in [9.17, 15) is 14.4 Å². The first-order chi connectivity index (χ1) is 18.6. The van der Waals surface area contributed by atoms with Crippen LogP contribution in [0.15, 0.2) is 72.8 Å². The number of carbonyl (C=O) groups is 3. The number of rotatable bonds is 7. The number of carbonyl (C=O) groups excluding carboxylic acids is 3. The maximum atomic E-state index is 13.3. The highest BCUT2D eigenvalue weighted by Crippen LogP contribution is 2.25. The number of likely N-dealkylation sites (tertiary alicyclic amines) is 1. The molecule has 0 saturated carbocycles. The SMILES string of the molecule is C[C@H](CN(C(=O)OCc1ccccc1)[C@@H]1CCN(C(=O)OC(C)(C)C)C1)C(=O)Nc1cccc2ccccc12. The third-order valence-electron chi connectivity index (χ3n) is 6.66. The van der Waals surface area contributed by atoms with Crippen LogP contribution in [0.2, 0.25) is 0 Å². The van der Waals surface area contributed by atoms with Crippen LogP contribution in [-0.4, -0.2) is 59.2 Å². The van der Waals surface area contributed by atoms with Gasteiger partial charge in [-0.3, -0.25) is 4.79 Å². The molecule has 8 heteroatoms. The van der Waals surface area contributed by atoms with Gasteiger partial charge in [-0.05, 0) is 44.2 Å². The van der Waals surface area contributed by atoms with Crippen molar-refractivity contribution in [2.24, 2.45) is 5.92 Å². The zero-order chi connectivity index (χ0) is 28.0. The van der Waals surface area contributed by atoms with Gasteiger partial charge in [-0.15, -0.1) is 0 Å². The first-order valence-corrected chi connectivity index (χ1v) is 13.3. The summed E-state index contributed by atoms with van der Waals surface area (Å²) in [5.74, 6) is -0.724. The molecular weight excluding hydrogens is 494 g/mol. The van der Waals surface area contributed by atoms with Crippen molar-refractivity contribution in [3.63, 3.8) is 0 Å². The monoisotopic (exact) mass is 531 g/mol. The zero-order valence-corrected chi connectivity index (χ0v) is 23.1. The van der Waals surface area contributed by atoms with Gasteiger partial charge < -0.3 is 24.6 Å². The van der Waals surface area contributed by atoms with Crippen molar-refractivity contribution in [2.45, 2.75) is 52.4 Å². The van der Waals surface area contributed by atoms with Gasteiger partial charge in [-0.1, -0.05) is 73.7 Å². The molecule has 3 aromatic carbocycles. The molecule has 1 heterocycles. The van der Waals surface area contributed by atoms with Crippen molar-refractivity contribution in [1.82, 2.24) is 9.80 Å². The average molecular weight is 532 g/mol. The third-order valence-corrected chi connectivity index (χ3v) is 6.66. The number of nitrogens with zero attached hydrogens (tertiary/aromatic N) is 2. The molecule has 3 amide bonds. The van der Waals surface area contributed by atoms with E-state index in [4.69, 9.17) is 9.47 Å². The number of hydrogen-bond donors (Lipinski definition) is 1. The maximum absolute atomic E-state index is 13.3. The lowest BCUT2D eigenvalue weighted by Gasteiger charge is -2.31. The summed E-state index contributed by atoms with van der Waals surface area (Å²) in [6.07, 6.45) is -0.360. The summed E-state index contributed by atoms with van der Waals surface area (Å²) in [5.41, 5.74) is 0.979. The highest BCUT2D eigenvalue weighted by molar-refractivity contribution is 6.02. The first kappa shape index (κ1) is 28.0. The number of hydrogen-bond acceptors (Lipinski definition) is 5. The zero-order valence-electron chi connectivity index (χ0n) is 23.1. The number of fused-ring (bicyclic) bond motifs is 1. The quantitative estimate of drug-likeness (QED) is 0.400. The van der Waals surface area contributed by atoms with Crippen LogP contribution in [0, 0.1) is 5.92 Å². The van der Waals surface area contributed by atoms with Gasteiger partial charge in [0.15, 0.2) is 0 Å². The molecule has 0 spiro atoms. The van der Waals surface area contributed by atoms with E-state index < -0.39 is 23.7 Å². The second-order valence-corrected chi connectivity index (χ2v) is 11.0. The Bertz CT molecular complexity index is 1300. The van der Waals surface area contributed by atoms with Crippen molar-refractivity contribution in [2.75, 3.05) is 25.0 Å². The van der Waals surface area contributed by atoms with Gasteiger partial charge >= 0.3 is 12.2 Å². The molecule has 206 valence electrons. The van der Waals surface area contributed by atoms with E-state index in [1.807, 2.05) is 93.6 Å². The number of benzene rings is 3. The Hall–Kier alpha value is -4.07. The van der Waals surface area contributed by atoms with Crippen LogP contribution in [0.5, 0.6) is 0 Å². The normalized spacial score (nSPS) is 16.0. The molecule has 1 aliphatic heterocycles. The Labute approximate surface area is 229 Å². The summed E-state index contributed by atoms with van der Waals surface area (Å²) in [5, 5.41) is 5.01. The van der Waals surface area contributed by atoms with Gasteiger partial charge in [-0.25, -0.2) is 9.59 Å². The van der Waals surface area contributed by atoms with E-state index >= 15 is 0 Å². The van der Waals surface area contributed by atoms with Crippen LogP contribution in [0.3, 0.4) is 0 Å². The molecule has 0 radical (unpaired) electrons. The summed E-state index contributed by atoms with van der Waals surface area (Å²) >= 11 is 0. The Kier molecular flexibility index (Phi) is 8.74. The lowest BCUT2D eigenvalue weighted by molar-refractivity contribution is -0.119. The molecule has 0 unspecified atom stereocenters. The molecule has 1 N–H and O–H groups in total. The molecule has 1 aliphatic rings. The predicted octanol–water partition coefficient (Wildman–Crippen LogP) is 6.06. The first-order valence-electron chi connectivity index (χ1n) is 13.3. The maximum Gasteiger partial charge on any atom is 0.410 e. The van der Waals surface area contributed by atoms with Crippen LogP contribution < -0.4 is 5.32 Å². The van der Waals surface area contributed by atoms with Crippen LogP contribution >= 0.6 is 0 Å². The summed E-state index contributed by atoms with van der Waals surface area (Å²) < 4.78 is 11.2. The molecule has 0 aliphatic carbocycles. The van der Waals surface area contributed by atoms with E-state index in [-0.39, 0.29) is 25.1 Å². The fourth-order valence-corrected chi connectivity index (χ4v) is 4.63. The molecule has 2 atom stereocenters. The average Bonchev–Trinajstić information content (AvgIpc) is 3.40. The minimum Gasteiger partial charge on any atom is -0.445 e. The fourth-order valence-electron chi connectivity index (χ4n) is 4.63. The van der Waals surface area contributed by atoms with E-state index in [0.717, 1.165) is 22.0 Å². The number of ether oxygens (including phenoxy) is 2. The number of amides is 3. The van der Waals surface area contributed by atoms with E-state index in [1.54, 1.807) is 16.7 Å². The molecule has 0 bridgehead atoms. The minimum atomic E-state index is -0.613. The van der Waals surface area contributed by atoms with Gasteiger partial charge in [0.1, 0.15) is 12.2 Å². The highest BCUT2D eigenvalue weighted by atomic mass is 16.6. The van der Waals surface area contributed by atoms with Gasteiger partial charge in [0, 0.05) is 30.7 Å². The third kappa shape index (κ3) is 7.50. The van der Waals surface area contributed by atoms with Crippen molar-refractivity contribution in [1.29, 1.82) is 0 Å². The molecular formula is C31H37N3O5. The van der Waals surface area contributed by atoms with E-state index in [2.05, 4.69) is 5.32 Å². The minimum absolute atomic E-state index is 0.120. The summed E-state index contributed by atoms with van der Waals surface area (Å²) in [4.78, 5) is 42.4. The lowest BCUT2D eigenvalue weighted by Crippen LogP contribution is -2.47. The van der Waals surface area contributed by atoms with Crippen LogP contribution in [0.4, 0.5) is 15.3 Å². The lowest BCUT2D eigenvalue weighted by atomic mass is 10.1. The molecule has 0 aromatic heterocycles. The molecule has 8 nitrogen and oxygen atoms in total. The van der Waals surface area contributed by atoms with Crippen molar-refractivity contribution >= 4 is 34.6 Å². The molecule has 3 aromatic rings. The van der Waals surface area contributed by atoms with Crippen LogP contribution in [0.25, 0.3) is 10.8 Å². The standard InChI is InChI=1S/C31H37N3O5/c1-22(28(35)32-27-16-10-14-24-13-8-9-15-26(24)27)19-34(30(37)38-21-23-11-6-5-7-12-23)25-17-18-33(20-25)29(36)39-31(2,3)4/h5-16,22,25H,17-21H2,1-4H3,(H,32,35)/t22-,25-/m1/s1. The number of nitrogens with one attached hydrogen (secondary N) is 1. The van der Waals surface area contributed by atoms with Crippen molar-refractivity contribution < 1.29 is 23.9 Å². The smallest absolute Gasteiger partial charge is 0.410 e. The summed E-state index contributed by atoms with van der Waals surface area (Å²) in [6, 6.07) is 22.8. The van der Waals surface area contributed by atoms with Crippen LogP contribution in [0.1, 0.15) is 39.7 Å². The second-order valence-electron chi connectivity index (χ2n) is 11.0. The van der Waals surface area contributed by atoms with E-state index in [1.165, 1.54) is 0 Å². The van der Waals surface area contributed by atoms with Crippen molar-refractivity contribution in [3.05, 3.63) is 78.4 Å². The van der Waals surface area contributed by atoms with Crippen LogP contribution in [-0.2, 0) is 20.9 Å². The largest absolute Gasteiger partial charge is 0.445 e. The van der Waals surface area contributed by atoms with Gasteiger partial charge in [-0.2, -0.15) is 0 Å². The molecule has 4 rings (SSSR count). The molecule has 1 fully saturated rings. The topological polar surface area (TPSA) is 88.2 Å². The Morgan fingerprint density at radius 2 is 1.69 bits per heavy atom. The van der Waals surface area contributed by atoms with Gasteiger partial charge in [0.25, 0.3) is 0 Å². The Balaban J connectivity index is 1.46. The predicted molar refractivity (Wildman–Crippen MR) is 151 cm³/mol. The molecule has 1 saturated heterocycles. The second kappa shape index (κ2) is 12.2. The van der Waals surface area contributed by atoms with Gasteiger partial charge in [0.05, 0.1) is 12.0 Å². The highest BCUT2D eigenvalue weighted by Gasteiger charge is 2.37. The van der Waals surface area contributed by atoms with Gasteiger partial charge in [0.2, 0.25) is 5.91 Å². The Morgan fingerprint density at radius 3 is 2.44 bits per heavy atom.